The Morgan fingerprint density at radius 2 is 2.00 bits per heavy atom. The van der Waals surface area contributed by atoms with Gasteiger partial charge >= 0.3 is 0 Å². The lowest BCUT2D eigenvalue weighted by Gasteiger charge is -2.12. The van der Waals surface area contributed by atoms with Gasteiger partial charge in [-0.05, 0) is 24.6 Å². The fraction of sp³-hybridized carbons (Fsp3) is 0.471. The molecule has 0 radical (unpaired) electrons. The quantitative estimate of drug-likeness (QED) is 0.568. The highest BCUT2D eigenvalue weighted by Gasteiger charge is 2.02. The maximum absolute atomic E-state index is 5.17. The zero-order valence-corrected chi connectivity index (χ0v) is 14.6. The van der Waals surface area contributed by atoms with Gasteiger partial charge in [-0.3, -0.25) is 0 Å². The molecule has 7 heteroatoms. The van der Waals surface area contributed by atoms with E-state index in [0.29, 0.717) is 6.54 Å². The molecule has 0 bridgehead atoms. The second-order valence-corrected chi connectivity index (χ2v) is 5.26. The Hall–Kier alpha value is -2.57. The van der Waals surface area contributed by atoms with E-state index in [-0.39, 0.29) is 0 Å². The van der Waals surface area contributed by atoms with Crippen LogP contribution in [0.15, 0.2) is 35.6 Å². The molecule has 1 aromatic heterocycles. The fourth-order valence-corrected chi connectivity index (χ4v) is 2.28. The molecule has 0 aliphatic rings. The molecule has 2 rings (SSSR count). The molecule has 130 valence electrons. The summed E-state index contributed by atoms with van der Waals surface area (Å²) < 4.78 is 7.22. The highest BCUT2D eigenvalue weighted by molar-refractivity contribution is 5.79. The lowest BCUT2D eigenvalue weighted by atomic mass is 10.2. The molecule has 0 amide bonds. The number of aliphatic imine (C=N–C) groups is 1. The number of ether oxygens (including phenoxy) is 1. The number of guanidine groups is 1. The van der Waals surface area contributed by atoms with Gasteiger partial charge in [0.1, 0.15) is 17.9 Å². The van der Waals surface area contributed by atoms with E-state index in [9.17, 15) is 0 Å². The number of methoxy groups -OCH3 is 1. The van der Waals surface area contributed by atoms with Crippen LogP contribution in [0.3, 0.4) is 0 Å². The van der Waals surface area contributed by atoms with E-state index in [4.69, 9.17) is 4.74 Å². The van der Waals surface area contributed by atoms with Gasteiger partial charge in [0.15, 0.2) is 5.96 Å². The maximum atomic E-state index is 5.17. The number of nitrogens with one attached hydrogen (secondary N) is 2. The van der Waals surface area contributed by atoms with Crippen molar-refractivity contribution in [1.82, 2.24) is 25.4 Å². The monoisotopic (exact) mass is 330 g/mol. The summed E-state index contributed by atoms with van der Waals surface area (Å²) in [6, 6.07) is 7.94. The molecule has 7 nitrogen and oxygen atoms in total. The van der Waals surface area contributed by atoms with Crippen molar-refractivity contribution in [2.24, 2.45) is 4.99 Å². The van der Waals surface area contributed by atoms with E-state index in [1.54, 1.807) is 13.4 Å². The van der Waals surface area contributed by atoms with Crippen LogP contribution < -0.4 is 15.4 Å². The first-order valence-corrected chi connectivity index (χ1v) is 8.28. The van der Waals surface area contributed by atoms with Gasteiger partial charge in [-0.2, -0.15) is 0 Å². The lowest BCUT2D eigenvalue weighted by Crippen LogP contribution is -2.38. The van der Waals surface area contributed by atoms with Gasteiger partial charge in [-0.25, -0.2) is 4.99 Å². The molecule has 0 saturated carbocycles. The Bertz CT molecular complexity index is 635. The van der Waals surface area contributed by atoms with Crippen LogP contribution in [0.4, 0.5) is 0 Å². The van der Waals surface area contributed by atoms with Gasteiger partial charge in [-0.15, -0.1) is 10.2 Å². The van der Waals surface area contributed by atoms with Crippen LogP contribution >= 0.6 is 0 Å². The summed E-state index contributed by atoms with van der Waals surface area (Å²) >= 11 is 0. The Morgan fingerprint density at radius 3 is 2.67 bits per heavy atom. The summed E-state index contributed by atoms with van der Waals surface area (Å²) in [6.45, 7) is 7.14. The van der Waals surface area contributed by atoms with Gasteiger partial charge in [0, 0.05) is 26.1 Å². The largest absolute Gasteiger partial charge is 0.497 e. The molecule has 24 heavy (non-hydrogen) atoms. The van der Waals surface area contributed by atoms with Crippen molar-refractivity contribution in [2.75, 3.05) is 20.2 Å². The third-order valence-corrected chi connectivity index (χ3v) is 3.58. The topological polar surface area (TPSA) is 76.4 Å². The van der Waals surface area contributed by atoms with Crippen LogP contribution in [-0.2, 0) is 19.5 Å². The lowest BCUT2D eigenvalue weighted by molar-refractivity contribution is 0.414. The van der Waals surface area contributed by atoms with Crippen LogP contribution in [0.2, 0.25) is 0 Å². The summed E-state index contributed by atoms with van der Waals surface area (Å²) in [4.78, 5) is 4.61. The Morgan fingerprint density at radius 1 is 1.21 bits per heavy atom. The first-order chi connectivity index (χ1) is 11.8. The molecule has 0 spiro atoms. The molecular weight excluding hydrogens is 304 g/mol. The number of hydrogen-bond donors (Lipinski definition) is 2. The Balaban J connectivity index is 1.87. The number of rotatable bonds is 8. The molecular formula is C17H26N6O. The Kier molecular flexibility index (Phi) is 7.07. The fourth-order valence-electron chi connectivity index (χ4n) is 2.28. The average Bonchev–Trinajstić information content (AvgIpc) is 3.07. The summed E-state index contributed by atoms with van der Waals surface area (Å²) in [5, 5.41) is 14.6. The minimum Gasteiger partial charge on any atom is -0.497 e. The third-order valence-electron chi connectivity index (χ3n) is 3.58. The molecule has 0 aliphatic carbocycles. The highest BCUT2D eigenvalue weighted by Crippen LogP contribution is 2.11. The van der Waals surface area contributed by atoms with Crippen molar-refractivity contribution >= 4 is 5.96 Å². The minimum atomic E-state index is 0.617. The molecule has 1 aromatic carbocycles. The first-order valence-electron chi connectivity index (χ1n) is 8.28. The molecule has 2 aromatic rings. The van der Waals surface area contributed by atoms with Crippen molar-refractivity contribution < 1.29 is 4.74 Å². The second kappa shape index (κ2) is 9.54. The highest BCUT2D eigenvalue weighted by atomic mass is 16.5. The molecule has 0 unspecified atom stereocenters. The van der Waals surface area contributed by atoms with E-state index in [0.717, 1.165) is 49.2 Å². The number of hydrogen-bond acceptors (Lipinski definition) is 4. The van der Waals surface area contributed by atoms with Crippen LogP contribution in [0.1, 0.15) is 25.2 Å². The van der Waals surface area contributed by atoms with Gasteiger partial charge in [0.05, 0.1) is 13.7 Å². The van der Waals surface area contributed by atoms with E-state index < -0.39 is 0 Å². The van der Waals surface area contributed by atoms with Crippen LogP contribution in [0, 0.1) is 0 Å². The Labute approximate surface area is 143 Å². The third kappa shape index (κ3) is 5.26. The van der Waals surface area contributed by atoms with E-state index in [2.05, 4.69) is 44.2 Å². The summed E-state index contributed by atoms with van der Waals surface area (Å²) in [6.07, 6.45) is 2.65. The molecule has 0 saturated heterocycles. The normalized spacial score (nSPS) is 11.4. The van der Waals surface area contributed by atoms with Gasteiger partial charge in [-0.1, -0.05) is 19.1 Å². The van der Waals surface area contributed by atoms with Crippen molar-refractivity contribution in [3.05, 3.63) is 42.0 Å². The van der Waals surface area contributed by atoms with Crippen molar-refractivity contribution in [3.8, 4) is 5.75 Å². The molecule has 0 atom stereocenters. The van der Waals surface area contributed by atoms with Crippen molar-refractivity contribution in [3.63, 3.8) is 0 Å². The molecule has 0 fully saturated rings. The van der Waals surface area contributed by atoms with Crippen LogP contribution in [-0.4, -0.2) is 40.9 Å². The minimum absolute atomic E-state index is 0.617. The first kappa shape index (κ1) is 17.8. The standard InChI is InChI=1S/C17H26N6O/c1-4-16-22-21-13-23(16)11-10-19-17(18-5-2)20-12-14-6-8-15(24-3)9-7-14/h6-9,13H,4-5,10-12H2,1-3H3,(H2,18,19,20). The predicted octanol–water partition coefficient (Wildman–Crippen LogP) is 1.60. The van der Waals surface area contributed by atoms with Crippen molar-refractivity contribution in [1.29, 1.82) is 0 Å². The second-order valence-electron chi connectivity index (χ2n) is 5.26. The summed E-state index contributed by atoms with van der Waals surface area (Å²) in [7, 11) is 1.67. The van der Waals surface area contributed by atoms with E-state index in [1.165, 1.54) is 0 Å². The summed E-state index contributed by atoms with van der Waals surface area (Å²) in [5.74, 6) is 2.66. The van der Waals surface area contributed by atoms with Gasteiger partial charge in [0.25, 0.3) is 0 Å². The molecule has 2 N–H and O–H groups in total. The zero-order chi connectivity index (χ0) is 17.2. The predicted molar refractivity (Wildman–Crippen MR) is 95.2 cm³/mol. The van der Waals surface area contributed by atoms with Crippen LogP contribution in [0.5, 0.6) is 5.75 Å². The van der Waals surface area contributed by atoms with Crippen LogP contribution in [0.25, 0.3) is 0 Å². The van der Waals surface area contributed by atoms with E-state index >= 15 is 0 Å². The molecule has 0 aliphatic heterocycles. The van der Waals surface area contributed by atoms with E-state index in [1.807, 2.05) is 24.3 Å². The zero-order valence-electron chi connectivity index (χ0n) is 14.6. The number of aromatic nitrogens is 3. The number of benzene rings is 1. The maximum Gasteiger partial charge on any atom is 0.191 e. The van der Waals surface area contributed by atoms with Crippen molar-refractivity contribution in [2.45, 2.75) is 33.4 Å². The summed E-state index contributed by atoms with van der Waals surface area (Å²) in [5.41, 5.74) is 1.14. The van der Waals surface area contributed by atoms with Gasteiger partial charge < -0.3 is 19.9 Å². The SMILES string of the molecule is CCNC(=NCc1ccc(OC)cc1)NCCn1cnnc1CC. The average molecular weight is 330 g/mol. The molecule has 1 heterocycles. The van der Waals surface area contributed by atoms with Gasteiger partial charge in [0.2, 0.25) is 0 Å². The number of aryl methyl sites for hydroxylation is 1. The smallest absolute Gasteiger partial charge is 0.191 e. The number of nitrogens with zero attached hydrogens (tertiary/aromatic N) is 4.